The number of hydrogen-bond donors (Lipinski definition) is 2. The molecule has 1 amide bonds. The molecule has 0 radical (unpaired) electrons. The molecule has 0 bridgehead atoms. The van der Waals surface area contributed by atoms with Crippen molar-refractivity contribution in [2.45, 2.75) is 45.2 Å². The second kappa shape index (κ2) is 5.79. The molecule has 2 heterocycles. The fraction of sp³-hybridized carbons (Fsp3) is 0.923. The Bertz CT molecular complexity index is 427. The third kappa shape index (κ3) is 3.92. The lowest BCUT2D eigenvalue weighted by atomic mass is 9.98. The molecule has 2 N–H and O–H groups in total. The smallest absolute Gasteiger partial charge is 0.278 e. The van der Waals surface area contributed by atoms with Crippen molar-refractivity contribution in [1.29, 1.82) is 0 Å². The lowest BCUT2D eigenvalue weighted by Crippen LogP contribution is -3.17. The van der Waals surface area contributed by atoms with Gasteiger partial charge in [-0.2, -0.15) is 0 Å². The van der Waals surface area contributed by atoms with E-state index in [4.69, 9.17) is 0 Å². The van der Waals surface area contributed by atoms with E-state index in [0.717, 1.165) is 19.0 Å². The van der Waals surface area contributed by atoms with Crippen LogP contribution in [0.4, 0.5) is 0 Å². The fourth-order valence-electron chi connectivity index (χ4n) is 2.99. The van der Waals surface area contributed by atoms with Crippen molar-refractivity contribution in [1.82, 2.24) is 5.32 Å². The van der Waals surface area contributed by atoms with E-state index in [0.29, 0.717) is 6.42 Å². The predicted molar refractivity (Wildman–Crippen MR) is 73.8 cm³/mol. The highest BCUT2D eigenvalue weighted by atomic mass is 32.2. The third-order valence-corrected chi connectivity index (χ3v) is 6.27. The molecule has 2 saturated heterocycles. The molecule has 0 aromatic carbocycles. The van der Waals surface area contributed by atoms with Crippen LogP contribution in [0.2, 0.25) is 0 Å². The van der Waals surface area contributed by atoms with E-state index in [1.807, 2.05) is 6.92 Å². The Hall–Kier alpha value is -0.620. The molecule has 19 heavy (non-hydrogen) atoms. The molecule has 0 aromatic rings. The number of sulfone groups is 1. The number of quaternary nitrogens is 1. The van der Waals surface area contributed by atoms with E-state index in [9.17, 15) is 13.2 Å². The zero-order chi connectivity index (χ0) is 14.0. The van der Waals surface area contributed by atoms with Crippen LogP contribution in [0.5, 0.6) is 0 Å². The summed E-state index contributed by atoms with van der Waals surface area (Å²) in [6, 6.07) is -0.251. The zero-order valence-corrected chi connectivity index (χ0v) is 12.6. The zero-order valence-electron chi connectivity index (χ0n) is 11.8. The number of hydrogen-bond acceptors (Lipinski definition) is 3. The van der Waals surface area contributed by atoms with Crippen LogP contribution in [-0.2, 0) is 14.6 Å². The van der Waals surface area contributed by atoms with E-state index < -0.39 is 9.84 Å². The Morgan fingerprint density at radius 1 is 1.26 bits per heavy atom. The van der Waals surface area contributed by atoms with Gasteiger partial charge in [0, 0.05) is 6.04 Å². The number of likely N-dealkylation sites (tertiary alicyclic amines) is 1. The van der Waals surface area contributed by atoms with Crippen LogP contribution in [0.25, 0.3) is 0 Å². The number of rotatable bonds is 3. The van der Waals surface area contributed by atoms with Crippen molar-refractivity contribution in [3.05, 3.63) is 0 Å². The minimum absolute atomic E-state index is 0.00616. The topological polar surface area (TPSA) is 67.7 Å². The van der Waals surface area contributed by atoms with Crippen molar-refractivity contribution >= 4 is 15.7 Å². The molecule has 2 aliphatic heterocycles. The van der Waals surface area contributed by atoms with Crippen LogP contribution < -0.4 is 10.2 Å². The van der Waals surface area contributed by atoms with Gasteiger partial charge in [0.2, 0.25) is 0 Å². The molecular formula is C13H25N2O3S+. The molecule has 0 aromatic heterocycles. The Labute approximate surface area is 115 Å². The summed E-state index contributed by atoms with van der Waals surface area (Å²) < 4.78 is 22.7. The summed E-state index contributed by atoms with van der Waals surface area (Å²) in [5.74, 6) is 1.09. The molecule has 2 aliphatic rings. The summed E-state index contributed by atoms with van der Waals surface area (Å²) >= 11 is 0. The van der Waals surface area contributed by atoms with E-state index in [1.54, 1.807) is 0 Å². The minimum Gasteiger partial charge on any atom is -0.347 e. The van der Waals surface area contributed by atoms with Crippen LogP contribution in [0.15, 0.2) is 0 Å². The monoisotopic (exact) mass is 289 g/mol. The molecule has 5 nitrogen and oxygen atoms in total. The molecule has 0 unspecified atom stereocenters. The lowest BCUT2D eigenvalue weighted by Gasteiger charge is -2.31. The van der Waals surface area contributed by atoms with Gasteiger partial charge in [0.25, 0.3) is 5.91 Å². The number of amides is 1. The second-order valence-electron chi connectivity index (χ2n) is 6.17. The van der Waals surface area contributed by atoms with Crippen molar-refractivity contribution in [3.63, 3.8) is 0 Å². The highest BCUT2D eigenvalue weighted by molar-refractivity contribution is 7.91. The highest BCUT2D eigenvalue weighted by Crippen LogP contribution is 2.11. The van der Waals surface area contributed by atoms with Gasteiger partial charge in [0.05, 0.1) is 24.6 Å². The highest BCUT2D eigenvalue weighted by Gasteiger charge is 2.33. The van der Waals surface area contributed by atoms with Crippen molar-refractivity contribution < 1.29 is 18.1 Å². The van der Waals surface area contributed by atoms with Gasteiger partial charge in [-0.05, 0) is 32.1 Å². The fourth-order valence-corrected chi connectivity index (χ4v) is 4.66. The predicted octanol–water partition coefficient (Wildman–Crippen LogP) is -1.01. The second-order valence-corrected chi connectivity index (χ2v) is 8.40. The van der Waals surface area contributed by atoms with Gasteiger partial charge in [-0.25, -0.2) is 8.42 Å². The standard InChI is InChI=1S/C13H24N2O3S/c1-10-3-6-15(7-4-10)11(2)13(16)14-12-5-8-19(17,18)9-12/h10-12H,3-9H2,1-2H3,(H,14,16)/p+1/t11-,12+/m0/s1. The maximum atomic E-state index is 12.2. The molecule has 2 fully saturated rings. The number of nitrogens with one attached hydrogen (secondary N) is 2. The first-order chi connectivity index (χ1) is 8.87. The van der Waals surface area contributed by atoms with Crippen LogP contribution in [-0.4, -0.2) is 51.0 Å². The maximum absolute atomic E-state index is 12.2. The van der Waals surface area contributed by atoms with E-state index in [2.05, 4.69) is 12.2 Å². The average Bonchev–Trinajstić information content (AvgIpc) is 2.68. The average molecular weight is 289 g/mol. The summed E-state index contributed by atoms with van der Waals surface area (Å²) in [5, 5.41) is 2.90. The molecule has 110 valence electrons. The van der Waals surface area contributed by atoms with Gasteiger partial charge in [-0.3, -0.25) is 4.79 Å². The number of carbonyl (C=O) groups excluding carboxylic acids is 1. The van der Waals surface area contributed by atoms with E-state index in [1.165, 1.54) is 17.7 Å². The Morgan fingerprint density at radius 3 is 2.42 bits per heavy atom. The minimum atomic E-state index is -2.92. The summed E-state index contributed by atoms with van der Waals surface area (Å²) in [7, 11) is -2.92. The number of piperidine rings is 1. The normalized spacial score (nSPS) is 35.8. The quantitative estimate of drug-likeness (QED) is 0.700. The Balaban J connectivity index is 1.83. The molecule has 6 heteroatoms. The summed E-state index contributed by atoms with van der Waals surface area (Å²) in [5.41, 5.74) is 0. The summed E-state index contributed by atoms with van der Waals surface area (Å²) in [6.07, 6.45) is 2.91. The molecule has 0 saturated carbocycles. The Morgan fingerprint density at radius 2 is 1.89 bits per heavy atom. The first-order valence-corrected chi connectivity index (χ1v) is 9.05. The lowest BCUT2D eigenvalue weighted by molar-refractivity contribution is -0.920. The van der Waals surface area contributed by atoms with Gasteiger partial charge < -0.3 is 10.2 Å². The third-order valence-electron chi connectivity index (χ3n) is 4.50. The largest absolute Gasteiger partial charge is 0.347 e. The van der Waals surface area contributed by atoms with Gasteiger partial charge in [-0.15, -0.1) is 0 Å². The maximum Gasteiger partial charge on any atom is 0.278 e. The SMILES string of the molecule is CC1CC[NH+]([C@@H](C)C(=O)N[C@@H]2CCS(=O)(=O)C2)CC1. The van der Waals surface area contributed by atoms with Gasteiger partial charge in [0.15, 0.2) is 15.9 Å². The van der Waals surface area contributed by atoms with Gasteiger partial charge in [0.1, 0.15) is 0 Å². The molecule has 2 rings (SSSR count). The Kier molecular flexibility index (Phi) is 4.50. The first-order valence-electron chi connectivity index (χ1n) is 7.23. The summed E-state index contributed by atoms with van der Waals surface area (Å²) in [4.78, 5) is 13.5. The molecular weight excluding hydrogens is 264 g/mol. The first kappa shape index (κ1) is 14.8. The van der Waals surface area contributed by atoms with Crippen LogP contribution in [0, 0.1) is 5.92 Å². The van der Waals surface area contributed by atoms with Gasteiger partial charge in [-0.1, -0.05) is 6.92 Å². The van der Waals surface area contributed by atoms with Crippen molar-refractivity contribution in [2.24, 2.45) is 5.92 Å². The molecule has 2 atom stereocenters. The van der Waals surface area contributed by atoms with E-state index in [-0.39, 0.29) is 29.5 Å². The van der Waals surface area contributed by atoms with Crippen LogP contribution in [0.1, 0.15) is 33.1 Å². The summed E-state index contributed by atoms with van der Waals surface area (Å²) in [6.45, 7) is 6.28. The van der Waals surface area contributed by atoms with Crippen LogP contribution in [0.3, 0.4) is 0 Å². The van der Waals surface area contributed by atoms with Crippen molar-refractivity contribution in [2.75, 3.05) is 24.6 Å². The van der Waals surface area contributed by atoms with E-state index >= 15 is 0 Å². The van der Waals surface area contributed by atoms with Gasteiger partial charge >= 0.3 is 0 Å². The molecule has 0 aliphatic carbocycles. The van der Waals surface area contributed by atoms with Crippen LogP contribution >= 0.6 is 0 Å². The van der Waals surface area contributed by atoms with Crippen molar-refractivity contribution in [3.8, 4) is 0 Å². The number of carbonyl (C=O) groups is 1. The molecule has 0 spiro atoms.